The summed E-state index contributed by atoms with van der Waals surface area (Å²) >= 11 is 0. The average Bonchev–Trinajstić information content (AvgIpc) is 3.44. The maximum atomic E-state index is 12.3. The van der Waals surface area contributed by atoms with Crippen molar-refractivity contribution in [1.82, 2.24) is 25.8 Å². The maximum Gasteiger partial charge on any atom is 0.338 e. The maximum absolute atomic E-state index is 12.3. The molecule has 3 aromatic heterocycles. The van der Waals surface area contributed by atoms with E-state index in [-0.39, 0.29) is 12.6 Å². The highest BCUT2D eigenvalue weighted by molar-refractivity contribution is 6.04. The summed E-state index contributed by atoms with van der Waals surface area (Å²) in [5.41, 5.74) is 6.31. The van der Waals surface area contributed by atoms with Gasteiger partial charge >= 0.3 is 12.0 Å². The number of pyridine rings is 2. The number of carbonyl (C=O) groups is 2. The highest BCUT2D eigenvalue weighted by Gasteiger charge is 2.15. The topological polar surface area (TPSA) is 119 Å². The summed E-state index contributed by atoms with van der Waals surface area (Å²) < 4.78 is 10.3. The quantitative estimate of drug-likeness (QED) is 0.325. The highest BCUT2D eigenvalue weighted by Crippen LogP contribution is 2.29. The van der Waals surface area contributed by atoms with Gasteiger partial charge in [-0.25, -0.2) is 14.6 Å². The van der Waals surface area contributed by atoms with E-state index < -0.39 is 5.97 Å². The summed E-state index contributed by atoms with van der Waals surface area (Å²) in [7, 11) is 2.91. The van der Waals surface area contributed by atoms with Crippen LogP contribution in [-0.2, 0) is 11.3 Å². The van der Waals surface area contributed by atoms with Crippen molar-refractivity contribution in [3.8, 4) is 33.6 Å². The van der Waals surface area contributed by atoms with Crippen LogP contribution in [0.5, 0.6) is 0 Å². The van der Waals surface area contributed by atoms with Crippen LogP contribution in [0.1, 0.15) is 16.1 Å². The van der Waals surface area contributed by atoms with Crippen LogP contribution in [0.25, 0.3) is 44.5 Å². The number of nitrogens with zero attached hydrogens (tertiary/aromatic N) is 3. The molecule has 2 amide bonds. The van der Waals surface area contributed by atoms with Crippen molar-refractivity contribution in [3.05, 3.63) is 90.4 Å². The number of benzene rings is 2. The first-order valence-corrected chi connectivity index (χ1v) is 11.5. The minimum absolute atomic E-state index is 0.251. The number of methoxy groups -OCH3 is 1. The molecule has 5 rings (SSSR count). The molecule has 0 spiro atoms. The largest absolute Gasteiger partial charge is 0.465 e. The number of urea groups is 1. The minimum atomic E-state index is -0.430. The van der Waals surface area contributed by atoms with Gasteiger partial charge in [-0.05, 0) is 23.3 Å². The van der Waals surface area contributed by atoms with Crippen molar-refractivity contribution in [2.75, 3.05) is 14.2 Å². The van der Waals surface area contributed by atoms with Crippen LogP contribution in [0.15, 0.2) is 83.6 Å². The van der Waals surface area contributed by atoms with Gasteiger partial charge in [0.1, 0.15) is 5.69 Å². The van der Waals surface area contributed by atoms with E-state index >= 15 is 0 Å². The van der Waals surface area contributed by atoms with E-state index in [1.54, 1.807) is 37.6 Å². The molecule has 3 heterocycles. The average molecular weight is 494 g/mol. The van der Waals surface area contributed by atoms with Crippen LogP contribution in [0, 0.1) is 0 Å². The summed E-state index contributed by atoms with van der Waals surface area (Å²) in [6, 6.07) is 21.0. The Morgan fingerprint density at radius 3 is 2.19 bits per heavy atom. The second-order valence-electron chi connectivity index (χ2n) is 8.21. The third-order valence-electron chi connectivity index (χ3n) is 5.92. The zero-order valence-electron chi connectivity index (χ0n) is 20.2. The van der Waals surface area contributed by atoms with E-state index in [1.165, 1.54) is 7.11 Å². The molecule has 0 aliphatic carbocycles. The molecule has 0 aliphatic heterocycles. The Balaban J connectivity index is 1.36. The van der Waals surface area contributed by atoms with Gasteiger partial charge in [0.25, 0.3) is 0 Å². The molecule has 0 radical (unpaired) electrons. The molecule has 2 N–H and O–H groups in total. The number of fused-ring (bicyclic) bond motifs is 1. The number of ether oxygens (including phenoxy) is 1. The molecule has 9 nitrogen and oxygen atoms in total. The van der Waals surface area contributed by atoms with E-state index in [0.29, 0.717) is 33.6 Å². The van der Waals surface area contributed by atoms with Crippen LogP contribution in [0.2, 0.25) is 0 Å². The van der Waals surface area contributed by atoms with Crippen LogP contribution in [0.4, 0.5) is 4.79 Å². The minimum Gasteiger partial charge on any atom is -0.465 e. The normalized spacial score (nSPS) is 10.8. The number of esters is 1. The Kier molecular flexibility index (Phi) is 6.58. The Hall–Kier alpha value is -5.05. The number of rotatable bonds is 6. The Bertz CT molecular complexity index is 1580. The third kappa shape index (κ3) is 5.01. The fourth-order valence-corrected chi connectivity index (χ4v) is 3.95. The molecule has 0 unspecified atom stereocenters. The lowest BCUT2D eigenvalue weighted by atomic mass is 10.00. The Morgan fingerprint density at radius 2 is 1.54 bits per heavy atom. The first-order valence-electron chi connectivity index (χ1n) is 11.5. The van der Waals surface area contributed by atoms with Gasteiger partial charge in [0, 0.05) is 42.0 Å². The Labute approximate surface area is 212 Å². The summed E-state index contributed by atoms with van der Waals surface area (Å²) in [4.78, 5) is 32.5. The van der Waals surface area contributed by atoms with E-state index in [9.17, 15) is 9.59 Å². The van der Waals surface area contributed by atoms with Crippen LogP contribution in [0.3, 0.4) is 0 Å². The van der Waals surface area contributed by atoms with Gasteiger partial charge in [-0.15, -0.1) is 0 Å². The lowest BCUT2D eigenvalue weighted by molar-refractivity contribution is 0.0603. The first-order chi connectivity index (χ1) is 18.1. The lowest BCUT2D eigenvalue weighted by Gasteiger charge is -2.09. The van der Waals surface area contributed by atoms with Crippen LogP contribution < -0.4 is 10.6 Å². The van der Waals surface area contributed by atoms with E-state index in [4.69, 9.17) is 14.2 Å². The smallest absolute Gasteiger partial charge is 0.338 e. The fourth-order valence-electron chi connectivity index (χ4n) is 3.95. The number of carbonyl (C=O) groups excluding carboxylic acids is 2. The van der Waals surface area contributed by atoms with Crippen molar-refractivity contribution in [3.63, 3.8) is 0 Å². The molecule has 37 heavy (non-hydrogen) atoms. The predicted octanol–water partition coefficient (Wildman–Crippen LogP) is 4.83. The summed E-state index contributed by atoms with van der Waals surface area (Å²) in [5, 5.41) is 9.90. The molecule has 9 heteroatoms. The highest BCUT2D eigenvalue weighted by atomic mass is 16.5. The number of hydrogen-bond donors (Lipinski definition) is 2. The number of nitrogens with one attached hydrogen (secondary N) is 2. The Morgan fingerprint density at radius 1 is 0.892 bits per heavy atom. The molecule has 0 atom stereocenters. The molecule has 2 aromatic carbocycles. The predicted molar refractivity (Wildman–Crippen MR) is 139 cm³/mol. The molecule has 0 saturated heterocycles. The zero-order chi connectivity index (χ0) is 25.8. The molecule has 184 valence electrons. The second kappa shape index (κ2) is 10.3. The molecule has 0 aliphatic rings. The summed E-state index contributed by atoms with van der Waals surface area (Å²) in [6.07, 6.45) is 3.27. The summed E-state index contributed by atoms with van der Waals surface area (Å²) in [5.74, 6) is 0.132. The van der Waals surface area contributed by atoms with Gasteiger partial charge < -0.3 is 19.9 Å². The molecule has 5 aromatic rings. The molecular formula is C28H23N5O4. The molecule has 0 saturated carbocycles. The second-order valence-corrected chi connectivity index (χ2v) is 8.21. The number of aromatic nitrogens is 3. The van der Waals surface area contributed by atoms with Gasteiger partial charge in [0.2, 0.25) is 0 Å². The molecular weight excluding hydrogens is 470 g/mol. The van der Waals surface area contributed by atoms with Crippen molar-refractivity contribution in [2.45, 2.75) is 6.54 Å². The van der Waals surface area contributed by atoms with Crippen molar-refractivity contribution >= 4 is 22.9 Å². The standard InChI is InChI=1S/C28H23N5O4/c1-29-28(35)31-15-21-13-26(33-37-21)20-9-5-18(6-10-20)17-3-7-19(8-4-17)25-14-22(27(34)36-2)23-16-30-12-11-24(23)32-25/h3-14,16H,15H2,1-2H3,(H2,29,31,35). The van der Waals surface area contributed by atoms with Crippen molar-refractivity contribution < 1.29 is 18.8 Å². The van der Waals surface area contributed by atoms with E-state index in [2.05, 4.69) is 20.8 Å². The first kappa shape index (κ1) is 23.7. The van der Waals surface area contributed by atoms with E-state index in [1.807, 2.05) is 48.5 Å². The van der Waals surface area contributed by atoms with Gasteiger partial charge in [0.15, 0.2) is 5.76 Å². The molecule has 0 bridgehead atoms. The summed E-state index contributed by atoms with van der Waals surface area (Å²) in [6.45, 7) is 0.251. The molecule has 0 fully saturated rings. The van der Waals surface area contributed by atoms with Gasteiger partial charge in [-0.1, -0.05) is 53.7 Å². The van der Waals surface area contributed by atoms with Crippen LogP contribution >= 0.6 is 0 Å². The van der Waals surface area contributed by atoms with Crippen molar-refractivity contribution in [1.29, 1.82) is 0 Å². The van der Waals surface area contributed by atoms with Gasteiger partial charge in [-0.2, -0.15) is 0 Å². The van der Waals surface area contributed by atoms with Gasteiger partial charge in [-0.3, -0.25) is 4.98 Å². The fraction of sp³-hybridized carbons (Fsp3) is 0.107. The number of amides is 2. The van der Waals surface area contributed by atoms with Crippen molar-refractivity contribution in [2.24, 2.45) is 0 Å². The SMILES string of the molecule is CNC(=O)NCc1cc(-c2ccc(-c3ccc(-c4cc(C(=O)OC)c5cnccc5n4)cc3)cc2)no1. The third-order valence-corrected chi connectivity index (χ3v) is 5.92. The lowest BCUT2D eigenvalue weighted by Crippen LogP contribution is -2.31. The van der Waals surface area contributed by atoms with Gasteiger partial charge in [0.05, 0.1) is 30.4 Å². The number of hydrogen-bond acceptors (Lipinski definition) is 7. The van der Waals surface area contributed by atoms with E-state index in [0.717, 1.165) is 22.3 Å². The monoisotopic (exact) mass is 493 g/mol. The zero-order valence-corrected chi connectivity index (χ0v) is 20.2. The van der Waals surface area contributed by atoms with Crippen LogP contribution in [-0.4, -0.2) is 41.3 Å².